The van der Waals surface area contributed by atoms with Crippen LogP contribution in [0.4, 0.5) is 0 Å². The molecule has 23 heavy (non-hydrogen) atoms. The van der Waals surface area contributed by atoms with Crippen LogP contribution in [0.1, 0.15) is 50.5 Å². The van der Waals surface area contributed by atoms with Gasteiger partial charge in [0, 0.05) is 36.2 Å². The third-order valence-electron chi connectivity index (χ3n) is 5.90. The normalized spacial score (nSPS) is 28.7. The summed E-state index contributed by atoms with van der Waals surface area (Å²) in [7, 11) is 0. The average molecular weight is 334 g/mol. The van der Waals surface area contributed by atoms with Crippen molar-refractivity contribution in [1.82, 2.24) is 15.5 Å². The Morgan fingerprint density at radius 2 is 1.83 bits per heavy atom. The first-order valence-electron chi connectivity index (χ1n) is 9.26. The van der Waals surface area contributed by atoms with Crippen LogP contribution in [0.5, 0.6) is 0 Å². The van der Waals surface area contributed by atoms with Gasteiger partial charge in [-0.25, -0.2) is 0 Å². The Bertz CT molecular complexity index is 520. The second kappa shape index (κ2) is 6.72. The van der Waals surface area contributed by atoms with Crippen molar-refractivity contribution in [1.29, 1.82) is 0 Å². The Balaban J connectivity index is 1.39. The number of halogens is 1. The molecule has 1 saturated heterocycles. The number of nitrogens with zero attached hydrogens (tertiary/aromatic N) is 1. The van der Waals surface area contributed by atoms with Crippen molar-refractivity contribution < 1.29 is 0 Å². The van der Waals surface area contributed by atoms with Gasteiger partial charge in [-0.3, -0.25) is 15.5 Å². The summed E-state index contributed by atoms with van der Waals surface area (Å²) in [6, 6.07) is 9.22. The first-order valence-corrected chi connectivity index (χ1v) is 9.64. The molecule has 1 unspecified atom stereocenters. The summed E-state index contributed by atoms with van der Waals surface area (Å²) in [4.78, 5) is 2.73. The molecule has 2 saturated carbocycles. The predicted octanol–water partition coefficient (Wildman–Crippen LogP) is 3.48. The molecule has 1 aromatic rings. The van der Waals surface area contributed by atoms with E-state index in [0.29, 0.717) is 6.17 Å². The van der Waals surface area contributed by atoms with Crippen molar-refractivity contribution in [2.75, 3.05) is 19.6 Å². The Hall–Kier alpha value is -0.610. The number of hydrogen-bond acceptors (Lipinski definition) is 3. The van der Waals surface area contributed by atoms with E-state index in [1.807, 2.05) is 12.1 Å². The third kappa shape index (κ3) is 3.58. The van der Waals surface area contributed by atoms with E-state index in [-0.39, 0.29) is 5.54 Å². The van der Waals surface area contributed by atoms with Gasteiger partial charge in [0.2, 0.25) is 0 Å². The summed E-state index contributed by atoms with van der Waals surface area (Å²) < 4.78 is 0. The Morgan fingerprint density at radius 3 is 2.52 bits per heavy atom. The number of piperazine rings is 1. The SMILES string of the molecule is Clc1ccc(C2(NC3CN(C4CCCCC4)CCN3)CC2)cc1. The van der Waals surface area contributed by atoms with Gasteiger partial charge in [0.15, 0.2) is 0 Å². The molecule has 1 atom stereocenters. The van der Waals surface area contributed by atoms with Crippen LogP contribution in [-0.4, -0.2) is 36.7 Å². The monoisotopic (exact) mass is 333 g/mol. The lowest BCUT2D eigenvalue weighted by Gasteiger charge is -2.42. The van der Waals surface area contributed by atoms with Crippen molar-refractivity contribution in [2.24, 2.45) is 0 Å². The zero-order chi connectivity index (χ0) is 15.7. The highest BCUT2D eigenvalue weighted by Crippen LogP contribution is 2.46. The Morgan fingerprint density at radius 1 is 1.09 bits per heavy atom. The van der Waals surface area contributed by atoms with Crippen LogP contribution in [0.2, 0.25) is 5.02 Å². The molecule has 2 aliphatic carbocycles. The second-order valence-electron chi connectivity index (χ2n) is 7.53. The van der Waals surface area contributed by atoms with Gasteiger partial charge >= 0.3 is 0 Å². The maximum Gasteiger partial charge on any atom is 0.0710 e. The first-order chi connectivity index (χ1) is 11.3. The summed E-state index contributed by atoms with van der Waals surface area (Å²) in [5.74, 6) is 0. The zero-order valence-electron chi connectivity index (χ0n) is 13.9. The summed E-state index contributed by atoms with van der Waals surface area (Å²) in [6.07, 6.45) is 9.94. The fourth-order valence-corrected chi connectivity index (χ4v) is 4.52. The average Bonchev–Trinajstić information content (AvgIpc) is 3.37. The lowest BCUT2D eigenvalue weighted by atomic mass is 9.93. The lowest BCUT2D eigenvalue weighted by Crippen LogP contribution is -2.61. The molecule has 4 rings (SSSR count). The standard InChI is InChI=1S/C19H28ClN3/c20-16-8-6-15(7-9-16)19(10-11-19)22-18-14-23(13-12-21-18)17-4-2-1-3-5-17/h6-9,17-18,21-22H,1-5,10-14H2. The highest BCUT2D eigenvalue weighted by atomic mass is 35.5. The molecule has 1 heterocycles. The van der Waals surface area contributed by atoms with E-state index in [0.717, 1.165) is 24.2 Å². The number of benzene rings is 1. The number of hydrogen-bond donors (Lipinski definition) is 2. The van der Waals surface area contributed by atoms with Gasteiger partial charge in [0.1, 0.15) is 0 Å². The molecule has 3 aliphatic rings. The molecule has 0 bridgehead atoms. The second-order valence-corrected chi connectivity index (χ2v) is 7.96. The quantitative estimate of drug-likeness (QED) is 0.883. The van der Waals surface area contributed by atoms with Crippen LogP contribution in [0.3, 0.4) is 0 Å². The molecule has 1 aromatic carbocycles. The van der Waals surface area contributed by atoms with Crippen LogP contribution in [0.25, 0.3) is 0 Å². The van der Waals surface area contributed by atoms with E-state index in [9.17, 15) is 0 Å². The highest BCUT2D eigenvalue weighted by molar-refractivity contribution is 6.30. The molecule has 3 nitrogen and oxygen atoms in total. The van der Waals surface area contributed by atoms with Crippen LogP contribution < -0.4 is 10.6 Å². The van der Waals surface area contributed by atoms with Crippen molar-refractivity contribution in [3.05, 3.63) is 34.9 Å². The summed E-state index contributed by atoms with van der Waals surface area (Å²) in [6.45, 7) is 3.45. The van der Waals surface area contributed by atoms with Gasteiger partial charge < -0.3 is 0 Å². The van der Waals surface area contributed by atoms with Crippen molar-refractivity contribution in [3.63, 3.8) is 0 Å². The zero-order valence-corrected chi connectivity index (χ0v) is 14.6. The fourth-order valence-electron chi connectivity index (χ4n) is 4.39. The summed E-state index contributed by atoms with van der Waals surface area (Å²) >= 11 is 6.04. The molecular weight excluding hydrogens is 306 g/mol. The van der Waals surface area contributed by atoms with Crippen LogP contribution in [-0.2, 0) is 5.54 Å². The molecule has 0 amide bonds. The lowest BCUT2D eigenvalue weighted by molar-refractivity contribution is 0.1000. The molecule has 2 N–H and O–H groups in total. The number of rotatable bonds is 4. The minimum atomic E-state index is 0.178. The van der Waals surface area contributed by atoms with E-state index in [1.165, 1.54) is 57.1 Å². The van der Waals surface area contributed by atoms with Gasteiger partial charge in [-0.1, -0.05) is 43.0 Å². The Kier molecular flexibility index (Phi) is 4.64. The van der Waals surface area contributed by atoms with Crippen LogP contribution in [0.15, 0.2) is 24.3 Å². The maximum atomic E-state index is 6.04. The summed E-state index contributed by atoms with van der Waals surface area (Å²) in [5, 5.41) is 8.42. The molecule has 0 spiro atoms. The smallest absolute Gasteiger partial charge is 0.0710 e. The summed E-state index contributed by atoms with van der Waals surface area (Å²) in [5.41, 5.74) is 1.57. The van der Waals surface area contributed by atoms with Gasteiger partial charge in [-0.15, -0.1) is 0 Å². The van der Waals surface area contributed by atoms with Gasteiger partial charge in [-0.2, -0.15) is 0 Å². The van der Waals surface area contributed by atoms with E-state index < -0.39 is 0 Å². The van der Waals surface area contributed by atoms with Gasteiger partial charge in [0.25, 0.3) is 0 Å². The fraction of sp³-hybridized carbons (Fsp3) is 0.684. The minimum absolute atomic E-state index is 0.178. The van der Waals surface area contributed by atoms with E-state index in [1.54, 1.807) is 0 Å². The van der Waals surface area contributed by atoms with Crippen molar-refractivity contribution in [3.8, 4) is 0 Å². The van der Waals surface area contributed by atoms with Gasteiger partial charge in [-0.05, 0) is 43.4 Å². The molecule has 0 aromatic heterocycles. The van der Waals surface area contributed by atoms with Gasteiger partial charge in [0.05, 0.1) is 6.17 Å². The topological polar surface area (TPSA) is 27.3 Å². The molecule has 3 fully saturated rings. The van der Waals surface area contributed by atoms with Crippen LogP contribution in [0, 0.1) is 0 Å². The number of nitrogens with one attached hydrogen (secondary N) is 2. The Labute approximate surface area is 144 Å². The molecule has 1 aliphatic heterocycles. The predicted molar refractivity (Wildman–Crippen MR) is 95.7 cm³/mol. The largest absolute Gasteiger partial charge is 0.300 e. The highest BCUT2D eigenvalue weighted by Gasteiger charge is 2.46. The third-order valence-corrected chi connectivity index (χ3v) is 6.15. The maximum absolute atomic E-state index is 6.04. The molecule has 4 heteroatoms. The van der Waals surface area contributed by atoms with E-state index in [2.05, 4.69) is 27.7 Å². The minimum Gasteiger partial charge on any atom is -0.300 e. The first kappa shape index (κ1) is 15.9. The molecular formula is C19H28ClN3. The van der Waals surface area contributed by atoms with Crippen molar-refractivity contribution in [2.45, 2.75) is 62.7 Å². The molecule has 0 radical (unpaired) electrons. The van der Waals surface area contributed by atoms with E-state index in [4.69, 9.17) is 11.6 Å². The van der Waals surface area contributed by atoms with E-state index >= 15 is 0 Å². The van der Waals surface area contributed by atoms with Crippen molar-refractivity contribution >= 4 is 11.6 Å². The van der Waals surface area contributed by atoms with Crippen LogP contribution >= 0.6 is 11.6 Å². The molecule has 126 valence electrons.